The molecular formula is C28H33NO3. The zero-order valence-corrected chi connectivity index (χ0v) is 18.8. The molecule has 1 amide bonds. The molecule has 0 atom stereocenters. The fourth-order valence-corrected chi connectivity index (χ4v) is 3.61. The van der Waals surface area contributed by atoms with Gasteiger partial charge in [0.15, 0.2) is 0 Å². The minimum atomic E-state index is -0.343. The van der Waals surface area contributed by atoms with Crippen LogP contribution >= 0.6 is 0 Å². The Bertz CT molecular complexity index is 871. The van der Waals surface area contributed by atoms with E-state index in [-0.39, 0.29) is 6.09 Å². The van der Waals surface area contributed by atoms with Gasteiger partial charge in [0.05, 0.1) is 13.2 Å². The molecule has 4 nitrogen and oxygen atoms in total. The number of ether oxygens (including phenoxy) is 2. The molecule has 3 aromatic rings. The van der Waals surface area contributed by atoms with Gasteiger partial charge in [-0.2, -0.15) is 0 Å². The van der Waals surface area contributed by atoms with E-state index in [2.05, 4.69) is 72.9 Å². The fraction of sp³-hybridized carbons (Fsp3) is 0.321. The summed E-state index contributed by atoms with van der Waals surface area (Å²) in [5.41, 5.74) is 3.76. The number of nitrogens with one attached hydrogen (secondary N) is 1. The van der Waals surface area contributed by atoms with Gasteiger partial charge in [0.25, 0.3) is 0 Å². The van der Waals surface area contributed by atoms with Gasteiger partial charge in [0.2, 0.25) is 0 Å². The number of amides is 1. The van der Waals surface area contributed by atoms with Crippen LogP contribution in [0.15, 0.2) is 84.9 Å². The van der Waals surface area contributed by atoms with Crippen LogP contribution < -0.4 is 10.1 Å². The molecule has 168 valence electrons. The average molecular weight is 432 g/mol. The number of alkyl carbamates (subject to hydrolysis) is 1. The third kappa shape index (κ3) is 7.77. The summed E-state index contributed by atoms with van der Waals surface area (Å²) >= 11 is 0. The van der Waals surface area contributed by atoms with Crippen LogP contribution in [0.3, 0.4) is 0 Å². The Morgan fingerprint density at radius 1 is 0.844 bits per heavy atom. The number of benzene rings is 3. The molecule has 0 radical (unpaired) electrons. The van der Waals surface area contributed by atoms with Gasteiger partial charge in [-0.05, 0) is 48.1 Å². The lowest BCUT2D eigenvalue weighted by atomic mass is 9.89. The van der Waals surface area contributed by atoms with E-state index < -0.39 is 0 Å². The Morgan fingerprint density at radius 2 is 1.47 bits per heavy atom. The number of carbonyl (C=O) groups excluding carboxylic acids is 1. The third-order valence-electron chi connectivity index (χ3n) is 5.42. The predicted octanol–water partition coefficient (Wildman–Crippen LogP) is 6.36. The molecule has 3 rings (SSSR count). The Morgan fingerprint density at radius 3 is 2.06 bits per heavy atom. The van der Waals surface area contributed by atoms with E-state index in [1.54, 1.807) is 0 Å². The largest absolute Gasteiger partial charge is 0.494 e. The highest BCUT2D eigenvalue weighted by Gasteiger charge is 2.14. The van der Waals surface area contributed by atoms with E-state index in [0.29, 0.717) is 25.7 Å². The molecule has 0 aliphatic heterocycles. The smallest absolute Gasteiger partial charge is 0.407 e. The van der Waals surface area contributed by atoms with Crippen LogP contribution in [0.2, 0.25) is 0 Å². The summed E-state index contributed by atoms with van der Waals surface area (Å²) in [6.45, 7) is 3.74. The summed E-state index contributed by atoms with van der Waals surface area (Å²) in [4.78, 5) is 11.6. The van der Waals surface area contributed by atoms with Gasteiger partial charge in [-0.1, -0.05) is 86.1 Å². The summed E-state index contributed by atoms with van der Waals surface area (Å²) in [5.74, 6) is 1.17. The number of carbonyl (C=O) groups is 1. The Labute approximate surface area is 191 Å². The van der Waals surface area contributed by atoms with Crippen molar-refractivity contribution in [3.63, 3.8) is 0 Å². The Balaban J connectivity index is 1.45. The van der Waals surface area contributed by atoms with Gasteiger partial charge in [0.1, 0.15) is 5.75 Å². The quantitative estimate of drug-likeness (QED) is 0.340. The summed E-state index contributed by atoms with van der Waals surface area (Å²) in [7, 11) is 0. The molecule has 0 aliphatic carbocycles. The minimum Gasteiger partial charge on any atom is -0.494 e. The Kier molecular flexibility index (Phi) is 9.66. The highest BCUT2D eigenvalue weighted by molar-refractivity contribution is 5.67. The van der Waals surface area contributed by atoms with Crippen molar-refractivity contribution in [3.05, 3.63) is 102 Å². The SMILES string of the molecule is CCCCOC(=O)NCCc1ccc(OCCC(c2ccccc2)c2ccccc2)cc1. The van der Waals surface area contributed by atoms with Gasteiger partial charge in [-0.25, -0.2) is 4.79 Å². The number of unbranched alkanes of at least 4 members (excludes halogenated alkanes) is 1. The van der Waals surface area contributed by atoms with Crippen LogP contribution in [-0.4, -0.2) is 25.9 Å². The van der Waals surface area contributed by atoms with Crippen LogP contribution in [0.4, 0.5) is 4.79 Å². The van der Waals surface area contributed by atoms with E-state index in [1.165, 1.54) is 11.1 Å². The van der Waals surface area contributed by atoms with Gasteiger partial charge in [-0.15, -0.1) is 0 Å². The van der Waals surface area contributed by atoms with Crippen LogP contribution in [-0.2, 0) is 11.2 Å². The van der Waals surface area contributed by atoms with Crippen molar-refractivity contribution in [1.82, 2.24) is 5.32 Å². The minimum absolute atomic E-state index is 0.305. The molecular weight excluding hydrogens is 398 g/mol. The summed E-state index contributed by atoms with van der Waals surface area (Å²) in [6, 6.07) is 29.3. The molecule has 0 aromatic heterocycles. The molecule has 0 saturated carbocycles. The van der Waals surface area contributed by atoms with Crippen LogP contribution in [0.5, 0.6) is 5.75 Å². The zero-order chi connectivity index (χ0) is 22.4. The van der Waals surface area contributed by atoms with E-state index in [0.717, 1.165) is 37.0 Å². The fourth-order valence-electron chi connectivity index (χ4n) is 3.61. The molecule has 0 fully saturated rings. The summed E-state index contributed by atoms with van der Waals surface area (Å²) < 4.78 is 11.1. The van der Waals surface area contributed by atoms with Crippen molar-refractivity contribution in [2.24, 2.45) is 0 Å². The molecule has 0 heterocycles. The van der Waals surface area contributed by atoms with Crippen molar-refractivity contribution >= 4 is 6.09 Å². The van der Waals surface area contributed by atoms with Crippen molar-refractivity contribution < 1.29 is 14.3 Å². The molecule has 0 bridgehead atoms. The zero-order valence-electron chi connectivity index (χ0n) is 18.8. The van der Waals surface area contributed by atoms with Gasteiger partial charge >= 0.3 is 6.09 Å². The lowest BCUT2D eigenvalue weighted by molar-refractivity contribution is 0.144. The topological polar surface area (TPSA) is 47.6 Å². The van der Waals surface area contributed by atoms with Crippen LogP contribution in [0.25, 0.3) is 0 Å². The van der Waals surface area contributed by atoms with Gasteiger partial charge < -0.3 is 14.8 Å². The molecule has 3 aromatic carbocycles. The molecule has 32 heavy (non-hydrogen) atoms. The lowest BCUT2D eigenvalue weighted by Gasteiger charge is -2.18. The first-order chi connectivity index (χ1) is 15.8. The van der Waals surface area contributed by atoms with Crippen molar-refractivity contribution in [3.8, 4) is 5.75 Å². The van der Waals surface area contributed by atoms with Crippen molar-refractivity contribution in [2.45, 2.75) is 38.5 Å². The molecule has 0 saturated heterocycles. The van der Waals surface area contributed by atoms with Crippen LogP contribution in [0.1, 0.15) is 48.8 Å². The second kappa shape index (κ2) is 13.2. The van der Waals surface area contributed by atoms with Crippen molar-refractivity contribution in [2.75, 3.05) is 19.8 Å². The monoisotopic (exact) mass is 431 g/mol. The molecule has 1 N–H and O–H groups in total. The maximum Gasteiger partial charge on any atom is 0.407 e. The van der Waals surface area contributed by atoms with E-state index in [1.807, 2.05) is 24.3 Å². The highest BCUT2D eigenvalue weighted by Crippen LogP contribution is 2.28. The number of hydrogen-bond donors (Lipinski definition) is 1. The van der Waals surface area contributed by atoms with Gasteiger partial charge in [0, 0.05) is 12.5 Å². The van der Waals surface area contributed by atoms with E-state index in [9.17, 15) is 4.79 Å². The summed E-state index contributed by atoms with van der Waals surface area (Å²) in [5, 5.41) is 2.79. The number of rotatable bonds is 12. The molecule has 0 spiro atoms. The molecule has 0 unspecified atom stereocenters. The van der Waals surface area contributed by atoms with Crippen molar-refractivity contribution in [1.29, 1.82) is 0 Å². The summed E-state index contributed by atoms with van der Waals surface area (Å²) in [6.07, 6.45) is 3.23. The maximum absolute atomic E-state index is 11.6. The predicted molar refractivity (Wildman–Crippen MR) is 129 cm³/mol. The van der Waals surface area contributed by atoms with Gasteiger partial charge in [-0.3, -0.25) is 0 Å². The number of hydrogen-bond acceptors (Lipinski definition) is 3. The maximum atomic E-state index is 11.6. The van der Waals surface area contributed by atoms with E-state index in [4.69, 9.17) is 9.47 Å². The molecule has 0 aliphatic rings. The van der Waals surface area contributed by atoms with Crippen LogP contribution in [0, 0.1) is 0 Å². The van der Waals surface area contributed by atoms with E-state index >= 15 is 0 Å². The first-order valence-corrected chi connectivity index (χ1v) is 11.5. The highest BCUT2D eigenvalue weighted by atomic mass is 16.5. The first kappa shape index (κ1) is 23.4. The standard InChI is InChI=1S/C28H33NO3/c1-2-3-21-32-28(30)29-20-18-23-14-16-26(17-15-23)31-22-19-27(24-10-6-4-7-11-24)25-12-8-5-9-13-25/h4-17,27H,2-3,18-22H2,1H3,(H,29,30). The Hall–Kier alpha value is -3.27. The lowest BCUT2D eigenvalue weighted by Crippen LogP contribution is -2.26. The third-order valence-corrected chi connectivity index (χ3v) is 5.42. The average Bonchev–Trinajstić information content (AvgIpc) is 2.84. The normalized spacial score (nSPS) is 10.7. The first-order valence-electron chi connectivity index (χ1n) is 11.5. The second-order valence-electron chi connectivity index (χ2n) is 7.82. The molecule has 4 heteroatoms. The second-order valence-corrected chi connectivity index (χ2v) is 7.82.